The highest BCUT2D eigenvalue weighted by atomic mass is 32.2. The lowest BCUT2D eigenvalue weighted by Crippen LogP contribution is -2.48. The number of hydrogen-bond acceptors (Lipinski definition) is 6. The Hall–Kier alpha value is -1.93. The summed E-state index contributed by atoms with van der Waals surface area (Å²) in [5, 5.41) is 0. The zero-order valence-corrected chi connectivity index (χ0v) is 15.6. The van der Waals surface area contributed by atoms with Gasteiger partial charge in [0.15, 0.2) is 0 Å². The van der Waals surface area contributed by atoms with Crippen LogP contribution in [0.2, 0.25) is 0 Å². The third-order valence-corrected chi connectivity index (χ3v) is 4.81. The largest absolute Gasteiger partial charge is 0.464 e. The van der Waals surface area contributed by atoms with E-state index in [1.807, 2.05) is 0 Å². The molecule has 0 heterocycles. The number of esters is 2. The van der Waals surface area contributed by atoms with Crippen molar-refractivity contribution in [2.24, 2.45) is 0 Å². The van der Waals surface area contributed by atoms with E-state index in [4.69, 9.17) is 9.47 Å². The standard InChI is InChI=1S/C17H25NO6S/c1-4-7-8-13-9-11-14(12-10-13)25(21,22)18-15(16(19)23-5-2)17(20)24-6-3/h9-12,15,18H,4-8H2,1-3H3. The molecule has 25 heavy (non-hydrogen) atoms. The fourth-order valence-electron chi connectivity index (χ4n) is 2.08. The van der Waals surface area contributed by atoms with Crippen LogP contribution in [-0.2, 0) is 35.5 Å². The molecule has 0 unspecified atom stereocenters. The molecule has 0 aromatic heterocycles. The predicted molar refractivity (Wildman–Crippen MR) is 92.4 cm³/mol. The molecule has 140 valence electrons. The number of nitrogens with one attached hydrogen (secondary N) is 1. The summed E-state index contributed by atoms with van der Waals surface area (Å²) < 4.78 is 36.5. The molecule has 1 aromatic rings. The Morgan fingerprint density at radius 2 is 1.52 bits per heavy atom. The topological polar surface area (TPSA) is 98.8 Å². The van der Waals surface area contributed by atoms with Crippen LogP contribution in [0.1, 0.15) is 39.2 Å². The minimum atomic E-state index is -4.08. The molecule has 1 rings (SSSR count). The van der Waals surface area contributed by atoms with Gasteiger partial charge in [-0.3, -0.25) is 0 Å². The van der Waals surface area contributed by atoms with Crippen molar-refractivity contribution in [3.63, 3.8) is 0 Å². The molecule has 7 nitrogen and oxygen atoms in total. The van der Waals surface area contributed by atoms with Crippen molar-refractivity contribution in [3.8, 4) is 0 Å². The van der Waals surface area contributed by atoms with Crippen molar-refractivity contribution in [2.45, 2.75) is 51.0 Å². The van der Waals surface area contributed by atoms with Gasteiger partial charge < -0.3 is 9.47 Å². The van der Waals surface area contributed by atoms with Crippen LogP contribution in [0.4, 0.5) is 0 Å². The molecule has 0 bridgehead atoms. The quantitative estimate of drug-likeness (QED) is 0.497. The van der Waals surface area contributed by atoms with Gasteiger partial charge in [-0.05, 0) is 44.4 Å². The van der Waals surface area contributed by atoms with Gasteiger partial charge in [-0.2, -0.15) is 4.72 Å². The number of carbonyl (C=O) groups excluding carboxylic acids is 2. The van der Waals surface area contributed by atoms with Gasteiger partial charge in [-0.15, -0.1) is 0 Å². The van der Waals surface area contributed by atoms with E-state index < -0.39 is 28.0 Å². The second-order valence-corrected chi connectivity index (χ2v) is 7.02. The van der Waals surface area contributed by atoms with Crippen LogP contribution in [0.5, 0.6) is 0 Å². The van der Waals surface area contributed by atoms with Crippen LogP contribution in [0, 0.1) is 0 Å². The highest BCUT2D eigenvalue weighted by Gasteiger charge is 2.34. The molecule has 0 amide bonds. The first kappa shape index (κ1) is 21.1. The molecule has 0 aliphatic rings. The Bertz CT molecular complexity index is 651. The van der Waals surface area contributed by atoms with Gasteiger partial charge in [-0.1, -0.05) is 25.5 Å². The summed E-state index contributed by atoms with van der Waals surface area (Å²) in [6.45, 7) is 5.23. The Kier molecular flexibility index (Phi) is 8.57. The Labute approximate surface area is 148 Å². The van der Waals surface area contributed by atoms with Gasteiger partial charge in [0.25, 0.3) is 0 Å². The normalized spacial score (nSPS) is 11.4. The average molecular weight is 371 g/mol. The van der Waals surface area contributed by atoms with Crippen LogP contribution in [0.3, 0.4) is 0 Å². The van der Waals surface area contributed by atoms with Crippen LogP contribution in [-0.4, -0.2) is 39.6 Å². The van der Waals surface area contributed by atoms with E-state index in [9.17, 15) is 18.0 Å². The summed E-state index contributed by atoms with van der Waals surface area (Å²) in [7, 11) is -4.08. The fraction of sp³-hybridized carbons (Fsp3) is 0.529. The van der Waals surface area contributed by atoms with Gasteiger partial charge in [-0.25, -0.2) is 18.0 Å². The number of rotatable bonds is 10. The van der Waals surface area contributed by atoms with Gasteiger partial charge in [0, 0.05) is 0 Å². The number of hydrogen-bond donors (Lipinski definition) is 1. The van der Waals surface area contributed by atoms with Gasteiger partial charge >= 0.3 is 11.9 Å². The van der Waals surface area contributed by atoms with Crippen LogP contribution in [0.15, 0.2) is 29.2 Å². The summed E-state index contributed by atoms with van der Waals surface area (Å²) in [5.74, 6) is -1.99. The lowest BCUT2D eigenvalue weighted by Gasteiger charge is -2.16. The highest BCUT2D eigenvalue weighted by Crippen LogP contribution is 2.13. The first-order valence-electron chi connectivity index (χ1n) is 8.30. The minimum absolute atomic E-state index is 0.0165. The van der Waals surface area contributed by atoms with E-state index in [1.54, 1.807) is 26.0 Å². The van der Waals surface area contributed by atoms with Crippen molar-refractivity contribution in [2.75, 3.05) is 13.2 Å². The lowest BCUT2D eigenvalue weighted by molar-refractivity contribution is -0.157. The van der Waals surface area contributed by atoms with Crippen molar-refractivity contribution in [1.29, 1.82) is 0 Å². The van der Waals surface area contributed by atoms with Gasteiger partial charge in [0.2, 0.25) is 16.1 Å². The number of carbonyl (C=O) groups is 2. The lowest BCUT2D eigenvalue weighted by atomic mass is 10.1. The SMILES string of the molecule is CCCCc1ccc(S(=O)(=O)NC(C(=O)OCC)C(=O)OCC)cc1. The average Bonchev–Trinajstić information content (AvgIpc) is 2.58. The van der Waals surface area contributed by atoms with Crippen molar-refractivity contribution >= 4 is 22.0 Å². The third kappa shape index (κ3) is 6.47. The summed E-state index contributed by atoms with van der Waals surface area (Å²) in [6.07, 6.45) is 2.92. The second-order valence-electron chi connectivity index (χ2n) is 5.31. The zero-order valence-electron chi connectivity index (χ0n) is 14.8. The van der Waals surface area contributed by atoms with E-state index in [0.29, 0.717) is 0 Å². The molecule has 8 heteroatoms. The van der Waals surface area contributed by atoms with Crippen molar-refractivity contribution in [3.05, 3.63) is 29.8 Å². The van der Waals surface area contributed by atoms with E-state index in [1.165, 1.54) is 12.1 Å². The maximum Gasteiger partial charge on any atom is 0.335 e. The molecular weight excluding hydrogens is 346 g/mol. The Morgan fingerprint density at radius 3 is 1.96 bits per heavy atom. The summed E-state index contributed by atoms with van der Waals surface area (Å²) in [6, 6.07) is 4.59. The third-order valence-electron chi connectivity index (χ3n) is 3.37. The van der Waals surface area contributed by atoms with E-state index in [2.05, 4.69) is 11.6 Å². The molecule has 1 aromatic carbocycles. The fourth-order valence-corrected chi connectivity index (χ4v) is 3.22. The number of aryl methyl sites for hydroxylation is 1. The van der Waals surface area contributed by atoms with E-state index >= 15 is 0 Å². The Morgan fingerprint density at radius 1 is 1.00 bits per heavy atom. The van der Waals surface area contributed by atoms with Crippen LogP contribution in [0.25, 0.3) is 0 Å². The van der Waals surface area contributed by atoms with Gasteiger partial charge in [0.1, 0.15) is 0 Å². The number of benzene rings is 1. The van der Waals surface area contributed by atoms with Crippen molar-refractivity contribution < 1.29 is 27.5 Å². The van der Waals surface area contributed by atoms with Gasteiger partial charge in [0.05, 0.1) is 18.1 Å². The molecule has 0 saturated carbocycles. The number of sulfonamides is 1. The zero-order chi connectivity index (χ0) is 18.9. The molecule has 0 fully saturated rings. The van der Waals surface area contributed by atoms with E-state index in [0.717, 1.165) is 24.8 Å². The second kappa shape index (κ2) is 10.1. The maximum atomic E-state index is 12.5. The Balaban J connectivity index is 2.97. The first-order valence-corrected chi connectivity index (χ1v) is 9.78. The highest BCUT2D eigenvalue weighted by molar-refractivity contribution is 7.89. The number of unbranched alkanes of at least 4 members (excludes halogenated alkanes) is 1. The molecule has 1 N–H and O–H groups in total. The van der Waals surface area contributed by atoms with Crippen molar-refractivity contribution in [1.82, 2.24) is 4.72 Å². The smallest absolute Gasteiger partial charge is 0.335 e. The van der Waals surface area contributed by atoms with E-state index in [-0.39, 0.29) is 18.1 Å². The number of ether oxygens (including phenoxy) is 2. The minimum Gasteiger partial charge on any atom is -0.464 e. The first-order chi connectivity index (χ1) is 11.9. The summed E-state index contributed by atoms with van der Waals surface area (Å²) in [5.41, 5.74) is 1.02. The molecule has 0 aliphatic carbocycles. The summed E-state index contributed by atoms with van der Waals surface area (Å²) >= 11 is 0. The molecule has 0 radical (unpaired) electrons. The molecule has 0 aliphatic heterocycles. The molecule has 0 saturated heterocycles. The molecule has 0 atom stereocenters. The molecule has 0 spiro atoms. The van der Waals surface area contributed by atoms with Crippen LogP contribution < -0.4 is 4.72 Å². The monoisotopic (exact) mass is 371 g/mol. The van der Waals surface area contributed by atoms with Crippen LogP contribution >= 0.6 is 0 Å². The predicted octanol–water partition coefficient (Wildman–Crippen LogP) is 1.80. The molecular formula is C17H25NO6S. The summed E-state index contributed by atoms with van der Waals surface area (Å²) in [4.78, 5) is 23.7. The maximum absolute atomic E-state index is 12.5.